The number of hydrogen-bond acceptors (Lipinski definition) is 2. The molecule has 2 unspecified atom stereocenters. The first-order chi connectivity index (χ1) is 7.09. The quantitative estimate of drug-likeness (QED) is 0.789. The Labute approximate surface area is 96.5 Å². The molecule has 0 aromatic carbocycles. The van der Waals surface area contributed by atoms with Gasteiger partial charge in [-0.2, -0.15) is 0 Å². The summed E-state index contributed by atoms with van der Waals surface area (Å²) in [6.45, 7) is 4.23. The van der Waals surface area contributed by atoms with Crippen LogP contribution < -0.4 is 5.73 Å². The highest BCUT2D eigenvalue weighted by atomic mass is 32.2. The average Bonchev–Trinajstić information content (AvgIpc) is 2.17. The molecule has 2 atom stereocenters. The van der Waals surface area contributed by atoms with E-state index >= 15 is 0 Å². The highest BCUT2D eigenvalue weighted by Crippen LogP contribution is 2.25. The van der Waals surface area contributed by atoms with E-state index in [9.17, 15) is 4.21 Å². The van der Waals surface area contributed by atoms with Gasteiger partial charge in [-0.05, 0) is 24.7 Å². The van der Waals surface area contributed by atoms with Gasteiger partial charge in [0.25, 0.3) is 0 Å². The minimum atomic E-state index is -0.707. The number of nitrogens with two attached hydrogens (primary N) is 1. The molecule has 1 rings (SSSR count). The highest BCUT2D eigenvalue weighted by Gasteiger charge is 2.22. The van der Waals surface area contributed by atoms with Crippen molar-refractivity contribution in [2.75, 3.05) is 11.5 Å². The molecule has 0 aliphatic heterocycles. The van der Waals surface area contributed by atoms with E-state index < -0.39 is 10.8 Å². The SMILES string of the molecule is CC(C)CS(=O)CC(N)C1CCCCC1. The molecule has 0 aromatic heterocycles. The lowest BCUT2D eigenvalue weighted by atomic mass is 9.85. The molecule has 2 N–H and O–H groups in total. The van der Waals surface area contributed by atoms with E-state index in [0.717, 1.165) is 5.75 Å². The lowest BCUT2D eigenvalue weighted by Gasteiger charge is -2.27. The molecule has 90 valence electrons. The second-order valence-corrected chi connectivity index (χ2v) is 6.78. The Morgan fingerprint density at radius 3 is 2.33 bits per heavy atom. The monoisotopic (exact) mass is 231 g/mol. The van der Waals surface area contributed by atoms with Gasteiger partial charge < -0.3 is 5.73 Å². The van der Waals surface area contributed by atoms with Crippen LogP contribution in [-0.4, -0.2) is 21.8 Å². The molecule has 15 heavy (non-hydrogen) atoms. The van der Waals surface area contributed by atoms with Crippen LogP contribution in [0.1, 0.15) is 46.0 Å². The maximum Gasteiger partial charge on any atom is 0.0389 e. The zero-order chi connectivity index (χ0) is 11.3. The molecule has 1 aliphatic carbocycles. The first-order valence-corrected chi connectivity index (χ1v) is 7.69. The van der Waals surface area contributed by atoms with Gasteiger partial charge in [0, 0.05) is 28.3 Å². The Balaban J connectivity index is 2.27. The molecule has 2 nitrogen and oxygen atoms in total. The van der Waals surface area contributed by atoms with E-state index in [1.54, 1.807) is 0 Å². The topological polar surface area (TPSA) is 43.1 Å². The van der Waals surface area contributed by atoms with Gasteiger partial charge >= 0.3 is 0 Å². The summed E-state index contributed by atoms with van der Waals surface area (Å²) >= 11 is 0. The summed E-state index contributed by atoms with van der Waals surface area (Å²) in [4.78, 5) is 0. The van der Waals surface area contributed by atoms with Crippen LogP contribution in [0, 0.1) is 11.8 Å². The van der Waals surface area contributed by atoms with Crippen LogP contribution in [-0.2, 0) is 10.8 Å². The normalized spacial score (nSPS) is 22.9. The summed E-state index contributed by atoms with van der Waals surface area (Å²) in [6, 6.07) is 0.171. The first-order valence-electron chi connectivity index (χ1n) is 6.20. The molecule has 1 fully saturated rings. The maximum atomic E-state index is 11.7. The minimum Gasteiger partial charge on any atom is -0.327 e. The summed E-state index contributed by atoms with van der Waals surface area (Å²) in [7, 11) is -0.707. The van der Waals surface area contributed by atoms with Crippen LogP contribution in [0.15, 0.2) is 0 Å². The Morgan fingerprint density at radius 1 is 1.20 bits per heavy atom. The van der Waals surface area contributed by atoms with Gasteiger partial charge in [0.05, 0.1) is 0 Å². The van der Waals surface area contributed by atoms with Crippen LogP contribution in [0.3, 0.4) is 0 Å². The second-order valence-electron chi connectivity index (χ2n) is 5.23. The first kappa shape index (κ1) is 13.2. The fourth-order valence-electron chi connectivity index (χ4n) is 2.35. The summed E-state index contributed by atoms with van der Waals surface area (Å²) < 4.78 is 11.7. The van der Waals surface area contributed by atoms with Crippen molar-refractivity contribution >= 4 is 10.8 Å². The van der Waals surface area contributed by atoms with Crippen LogP contribution in [0.5, 0.6) is 0 Å². The molecule has 0 radical (unpaired) electrons. The largest absolute Gasteiger partial charge is 0.327 e. The van der Waals surface area contributed by atoms with Crippen molar-refractivity contribution in [3.63, 3.8) is 0 Å². The molecule has 0 spiro atoms. The third-order valence-corrected chi connectivity index (χ3v) is 4.95. The van der Waals surface area contributed by atoms with Gasteiger partial charge in [-0.15, -0.1) is 0 Å². The van der Waals surface area contributed by atoms with Crippen LogP contribution in [0.25, 0.3) is 0 Å². The Bertz CT molecular complexity index is 200. The molecular formula is C12H25NOS. The molecule has 1 aliphatic rings. The van der Waals surface area contributed by atoms with E-state index in [2.05, 4.69) is 13.8 Å². The van der Waals surface area contributed by atoms with Crippen LogP contribution in [0.4, 0.5) is 0 Å². The molecule has 0 aromatic rings. The van der Waals surface area contributed by atoms with Gasteiger partial charge in [-0.3, -0.25) is 4.21 Å². The van der Waals surface area contributed by atoms with Crippen molar-refractivity contribution < 1.29 is 4.21 Å². The fourth-order valence-corrected chi connectivity index (χ4v) is 3.93. The minimum absolute atomic E-state index is 0.171. The third-order valence-electron chi connectivity index (χ3n) is 3.15. The highest BCUT2D eigenvalue weighted by molar-refractivity contribution is 7.85. The zero-order valence-electron chi connectivity index (χ0n) is 10.1. The lowest BCUT2D eigenvalue weighted by molar-refractivity contribution is 0.318. The standard InChI is InChI=1S/C12H25NOS/c1-10(2)8-15(14)9-12(13)11-6-4-3-5-7-11/h10-12H,3-9,13H2,1-2H3. The summed E-state index contributed by atoms with van der Waals surface area (Å²) in [5, 5.41) is 0. The van der Waals surface area contributed by atoms with Crippen LogP contribution >= 0.6 is 0 Å². The summed E-state index contributed by atoms with van der Waals surface area (Å²) in [5.41, 5.74) is 6.13. The van der Waals surface area contributed by atoms with Crippen molar-refractivity contribution in [1.82, 2.24) is 0 Å². The van der Waals surface area contributed by atoms with Crippen molar-refractivity contribution in [3.8, 4) is 0 Å². The van der Waals surface area contributed by atoms with E-state index in [0.29, 0.717) is 17.6 Å². The number of hydrogen-bond donors (Lipinski definition) is 1. The Morgan fingerprint density at radius 2 is 1.80 bits per heavy atom. The van der Waals surface area contributed by atoms with E-state index in [-0.39, 0.29) is 6.04 Å². The van der Waals surface area contributed by atoms with Gasteiger partial charge in [0.2, 0.25) is 0 Å². The molecule has 0 heterocycles. The van der Waals surface area contributed by atoms with Crippen molar-refractivity contribution in [2.45, 2.75) is 52.0 Å². The summed E-state index contributed by atoms with van der Waals surface area (Å²) in [5.74, 6) is 2.67. The van der Waals surface area contributed by atoms with E-state index in [1.165, 1.54) is 32.1 Å². The van der Waals surface area contributed by atoms with Gasteiger partial charge in [0.1, 0.15) is 0 Å². The smallest absolute Gasteiger partial charge is 0.0389 e. The molecule has 0 bridgehead atoms. The molecular weight excluding hydrogens is 206 g/mol. The van der Waals surface area contributed by atoms with E-state index in [4.69, 9.17) is 5.73 Å². The maximum absolute atomic E-state index is 11.7. The van der Waals surface area contributed by atoms with Crippen molar-refractivity contribution in [2.24, 2.45) is 17.6 Å². The van der Waals surface area contributed by atoms with Crippen LogP contribution in [0.2, 0.25) is 0 Å². The average molecular weight is 231 g/mol. The predicted molar refractivity (Wildman–Crippen MR) is 67.3 cm³/mol. The Kier molecular flexibility index (Phi) is 5.83. The fraction of sp³-hybridized carbons (Fsp3) is 1.00. The summed E-state index contributed by atoms with van der Waals surface area (Å²) in [6.07, 6.45) is 6.49. The predicted octanol–water partition coefficient (Wildman–Crippen LogP) is 2.30. The van der Waals surface area contributed by atoms with Crippen molar-refractivity contribution in [3.05, 3.63) is 0 Å². The molecule has 1 saturated carbocycles. The Hall–Kier alpha value is 0.110. The molecule has 3 heteroatoms. The lowest BCUT2D eigenvalue weighted by Crippen LogP contribution is -2.37. The van der Waals surface area contributed by atoms with Gasteiger partial charge in [0.15, 0.2) is 0 Å². The third kappa shape index (κ3) is 5.12. The van der Waals surface area contributed by atoms with E-state index in [1.807, 2.05) is 0 Å². The van der Waals surface area contributed by atoms with Crippen molar-refractivity contribution in [1.29, 1.82) is 0 Å². The van der Waals surface area contributed by atoms with Gasteiger partial charge in [-0.25, -0.2) is 0 Å². The molecule has 0 amide bonds. The second kappa shape index (κ2) is 6.64. The number of rotatable bonds is 5. The zero-order valence-corrected chi connectivity index (χ0v) is 10.9. The molecule has 0 saturated heterocycles. The van der Waals surface area contributed by atoms with Gasteiger partial charge in [-0.1, -0.05) is 33.1 Å².